The van der Waals surface area contributed by atoms with Crippen LogP contribution in [0, 0.1) is 11.3 Å². The molecule has 5 heteroatoms. The molecule has 0 atom stereocenters. The van der Waals surface area contributed by atoms with Crippen LogP contribution in [0.1, 0.15) is 32.3 Å². The lowest BCUT2D eigenvalue weighted by atomic mass is 10.0. The lowest BCUT2D eigenvalue weighted by Gasteiger charge is -2.30. The van der Waals surface area contributed by atoms with E-state index >= 15 is 0 Å². The zero-order valence-corrected chi connectivity index (χ0v) is 12.0. The molecule has 0 aliphatic rings. The SMILES string of the molecule is CCC(CC)(CNc1ncc(N)cc1C#N)SC. The van der Waals surface area contributed by atoms with Gasteiger partial charge in [-0.25, -0.2) is 4.98 Å². The number of hydrogen-bond donors (Lipinski definition) is 2. The van der Waals surface area contributed by atoms with E-state index in [0.717, 1.165) is 19.4 Å². The van der Waals surface area contributed by atoms with E-state index < -0.39 is 0 Å². The third-order valence-electron chi connectivity index (χ3n) is 3.33. The Morgan fingerprint density at radius 1 is 1.50 bits per heavy atom. The number of rotatable bonds is 6. The summed E-state index contributed by atoms with van der Waals surface area (Å²) >= 11 is 1.86. The molecule has 0 saturated heterocycles. The minimum atomic E-state index is 0.190. The molecular weight excluding hydrogens is 244 g/mol. The molecule has 0 saturated carbocycles. The van der Waals surface area contributed by atoms with Crippen molar-refractivity contribution in [1.82, 2.24) is 4.98 Å². The molecule has 3 N–H and O–H groups in total. The van der Waals surface area contributed by atoms with Crippen LogP contribution >= 0.6 is 11.8 Å². The van der Waals surface area contributed by atoms with Crippen LogP contribution < -0.4 is 11.1 Å². The topological polar surface area (TPSA) is 74.7 Å². The Balaban J connectivity index is 2.83. The van der Waals surface area contributed by atoms with Crippen molar-refractivity contribution >= 4 is 23.3 Å². The van der Waals surface area contributed by atoms with E-state index in [-0.39, 0.29) is 4.75 Å². The molecule has 1 heterocycles. The molecule has 0 aliphatic heterocycles. The summed E-state index contributed by atoms with van der Waals surface area (Å²) in [5, 5.41) is 12.3. The number of thioether (sulfide) groups is 1. The maximum atomic E-state index is 9.05. The van der Waals surface area contributed by atoms with Gasteiger partial charge in [-0.3, -0.25) is 0 Å². The molecule has 0 spiro atoms. The van der Waals surface area contributed by atoms with E-state index in [4.69, 9.17) is 11.0 Å². The summed E-state index contributed by atoms with van der Waals surface area (Å²) in [6.07, 6.45) is 5.85. The second-order valence-corrected chi connectivity index (χ2v) is 5.50. The predicted molar refractivity (Wildman–Crippen MR) is 78.7 cm³/mol. The quantitative estimate of drug-likeness (QED) is 0.826. The number of aromatic nitrogens is 1. The van der Waals surface area contributed by atoms with E-state index in [2.05, 4.69) is 36.5 Å². The average Bonchev–Trinajstić information content (AvgIpc) is 2.42. The number of hydrogen-bond acceptors (Lipinski definition) is 5. The van der Waals surface area contributed by atoms with Gasteiger partial charge in [0.2, 0.25) is 0 Å². The molecule has 0 radical (unpaired) electrons. The van der Waals surface area contributed by atoms with Gasteiger partial charge in [0, 0.05) is 11.3 Å². The van der Waals surface area contributed by atoms with Crippen LogP contribution in [-0.2, 0) is 0 Å². The van der Waals surface area contributed by atoms with Gasteiger partial charge >= 0.3 is 0 Å². The summed E-state index contributed by atoms with van der Waals surface area (Å²) in [6, 6.07) is 3.76. The molecule has 0 amide bonds. The average molecular weight is 264 g/mol. The fraction of sp³-hybridized carbons (Fsp3) is 0.538. The third kappa shape index (κ3) is 3.30. The molecule has 0 bridgehead atoms. The number of nitrogens with zero attached hydrogens (tertiary/aromatic N) is 2. The molecule has 0 fully saturated rings. The second kappa shape index (κ2) is 6.50. The first-order valence-corrected chi connectivity index (χ1v) is 7.28. The van der Waals surface area contributed by atoms with Crippen LogP contribution in [0.3, 0.4) is 0 Å². The first kappa shape index (κ1) is 14.7. The minimum Gasteiger partial charge on any atom is -0.397 e. The Labute approximate surface area is 113 Å². The normalized spacial score (nSPS) is 11.0. The molecule has 98 valence electrons. The Bertz CT molecular complexity index is 427. The highest BCUT2D eigenvalue weighted by atomic mass is 32.2. The summed E-state index contributed by atoms with van der Waals surface area (Å²) in [5.41, 5.74) is 6.63. The minimum absolute atomic E-state index is 0.190. The van der Waals surface area contributed by atoms with Crippen LogP contribution in [0.2, 0.25) is 0 Å². The van der Waals surface area contributed by atoms with Crippen molar-refractivity contribution in [2.45, 2.75) is 31.4 Å². The molecule has 1 aromatic heterocycles. The second-order valence-electron chi connectivity index (χ2n) is 4.22. The number of nitrogens with two attached hydrogens (primary N) is 1. The van der Waals surface area contributed by atoms with Gasteiger partial charge in [0.15, 0.2) is 0 Å². The fourth-order valence-electron chi connectivity index (χ4n) is 1.81. The van der Waals surface area contributed by atoms with Gasteiger partial charge in [0.1, 0.15) is 11.9 Å². The maximum absolute atomic E-state index is 9.05. The van der Waals surface area contributed by atoms with Crippen LogP contribution in [0.25, 0.3) is 0 Å². The van der Waals surface area contributed by atoms with Crippen LogP contribution in [0.5, 0.6) is 0 Å². The summed E-state index contributed by atoms with van der Waals surface area (Å²) < 4.78 is 0.190. The molecule has 18 heavy (non-hydrogen) atoms. The molecule has 1 rings (SSSR count). The number of anilines is 2. The number of pyridine rings is 1. The van der Waals surface area contributed by atoms with Crippen LogP contribution in [-0.4, -0.2) is 22.5 Å². The Kier molecular flexibility index (Phi) is 5.29. The maximum Gasteiger partial charge on any atom is 0.144 e. The van der Waals surface area contributed by atoms with Crippen LogP contribution in [0.4, 0.5) is 11.5 Å². The van der Waals surface area contributed by atoms with Gasteiger partial charge in [-0.15, -0.1) is 0 Å². The van der Waals surface area contributed by atoms with Crippen molar-refractivity contribution < 1.29 is 0 Å². The third-order valence-corrected chi connectivity index (χ3v) is 4.92. The van der Waals surface area contributed by atoms with E-state index in [1.54, 1.807) is 12.3 Å². The highest BCUT2D eigenvalue weighted by Gasteiger charge is 2.24. The van der Waals surface area contributed by atoms with Gasteiger partial charge in [-0.2, -0.15) is 17.0 Å². The molecule has 0 aromatic carbocycles. The zero-order valence-electron chi connectivity index (χ0n) is 11.2. The Morgan fingerprint density at radius 3 is 2.67 bits per heavy atom. The first-order chi connectivity index (χ1) is 8.60. The van der Waals surface area contributed by atoms with Gasteiger partial charge in [-0.1, -0.05) is 13.8 Å². The molecular formula is C13H20N4S. The lowest BCUT2D eigenvalue weighted by molar-refractivity contribution is 0.574. The molecule has 0 unspecified atom stereocenters. The largest absolute Gasteiger partial charge is 0.397 e. The molecule has 0 aliphatic carbocycles. The number of nitrogen functional groups attached to an aromatic ring is 1. The van der Waals surface area contributed by atoms with Gasteiger partial charge < -0.3 is 11.1 Å². The van der Waals surface area contributed by atoms with Crippen molar-refractivity contribution in [2.24, 2.45) is 0 Å². The van der Waals surface area contributed by atoms with Crippen LogP contribution in [0.15, 0.2) is 12.3 Å². The van der Waals surface area contributed by atoms with E-state index in [1.165, 1.54) is 0 Å². The van der Waals surface area contributed by atoms with Gasteiger partial charge in [0.05, 0.1) is 17.4 Å². The van der Waals surface area contributed by atoms with E-state index in [0.29, 0.717) is 17.1 Å². The first-order valence-electron chi connectivity index (χ1n) is 6.05. The lowest BCUT2D eigenvalue weighted by Crippen LogP contribution is -2.32. The van der Waals surface area contributed by atoms with Crippen molar-refractivity contribution in [3.8, 4) is 6.07 Å². The van der Waals surface area contributed by atoms with Gasteiger partial charge in [0.25, 0.3) is 0 Å². The highest BCUT2D eigenvalue weighted by Crippen LogP contribution is 2.30. The summed E-state index contributed by atoms with van der Waals surface area (Å²) in [7, 11) is 0. The zero-order chi connectivity index (χ0) is 13.6. The Morgan fingerprint density at radius 2 is 2.17 bits per heavy atom. The summed E-state index contributed by atoms with van der Waals surface area (Å²) in [5.74, 6) is 0.618. The smallest absolute Gasteiger partial charge is 0.144 e. The van der Waals surface area contributed by atoms with E-state index in [1.807, 2.05) is 11.8 Å². The summed E-state index contributed by atoms with van der Waals surface area (Å²) in [4.78, 5) is 4.19. The van der Waals surface area contributed by atoms with Crippen molar-refractivity contribution in [1.29, 1.82) is 5.26 Å². The van der Waals surface area contributed by atoms with Crippen molar-refractivity contribution in [3.63, 3.8) is 0 Å². The molecule has 1 aromatic rings. The predicted octanol–water partition coefficient (Wildman–Crippen LogP) is 2.87. The van der Waals surface area contributed by atoms with Gasteiger partial charge in [-0.05, 0) is 25.2 Å². The number of nitrogens with one attached hydrogen (secondary N) is 1. The fourth-order valence-corrected chi connectivity index (χ4v) is 2.61. The standard InChI is InChI=1S/C13H20N4S/c1-4-13(5-2,18-3)9-17-12-10(7-14)6-11(15)8-16-12/h6,8H,4-5,9,15H2,1-3H3,(H,16,17). The van der Waals surface area contributed by atoms with E-state index in [9.17, 15) is 0 Å². The number of nitriles is 1. The molecule has 4 nitrogen and oxygen atoms in total. The monoisotopic (exact) mass is 264 g/mol. The Hall–Kier alpha value is -1.41. The highest BCUT2D eigenvalue weighted by molar-refractivity contribution is 8.00. The summed E-state index contributed by atoms with van der Waals surface area (Å²) in [6.45, 7) is 5.17. The van der Waals surface area contributed by atoms with Crippen molar-refractivity contribution in [3.05, 3.63) is 17.8 Å². The van der Waals surface area contributed by atoms with Crippen molar-refractivity contribution in [2.75, 3.05) is 23.9 Å².